The Labute approximate surface area is 197 Å². The fraction of sp³-hybridized carbons (Fsp3) is 0.0833. The number of amides is 2. The van der Waals surface area contributed by atoms with Gasteiger partial charge in [0.05, 0.1) is 17.2 Å². The summed E-state index contributed by atoms with van der Waals surface area (Å²) >= 11 is 5.84. The van der Waals surface area contributed by atoms with E-state index in [-0.39, 0.29) is 5.39 Å². The van der Waals surface area contributed by atoms with Gasteiger partial charge in [0.25, 0.3) is 17.4 Å². The second-order valence-electron chi connectivity index (χ2n) is 7.28. The van der Waals surface area contributed by atoms with E-state index >= 15 is 0 Å². The summed E-state index contributed by atoms with van der Waals surface area (Å²) in [5.41, 5.74) is 5.44. The number of nitrogens with one attached hydrogen (secondary N) is 2. The molecule has 0 aliphatic heterocycles. The lowest BCUT2D eigenvalue weighted by atomic mass is 10.1. The van der Waals surface area contributed by atoms with Gasteiger partial charge in [0.15, 0.2) is 0 Å². The van der Waals surface area contributed by atoms with Crippen LogP contribution in [0.3, 0.4) is 0 Å². The molecule has 10 heteroatoms. The number of halogens is 2. The van der Waals surface area contributed by atoms with Crippen molar-refractivity contribution in [1.82, 2.24) is 20.4 Å². The summed E-state index contributed by atoms with van der Waals surface area (Å²) in [6, 6.07) is 17.2. The Balaban J connectivity index is 1.30. The first-order chi connectivity index (χ1) is 16.4. The molecule has 1 heterocycles. The minimum absolute atomic E-state index is 0.0551. The van der Waals surface area contributed by atoms with E-state index in [1.165, 1.54) is 18.5 Å². The van der Waals surface area contributed by atoms with Crippen molar-refractivity contribution < 1.29 is 18.7 Å². The normalized spacial score (nSPS) is 10.6. The smallest absolute Gasteiger partial charge is 0.269 e. The molecule has 34 heavy (non-hydrogen) atoms. The summed E-state index contributed by atoms with van der Waals surface area (Å²) < 4.78 is 20.1. The molecule has 2 amide bonds. The van der Waals surface area contributed by atoms with Gasteiger partial charge in [-0.25, -0.2) is 9.37 Å². The summed E-state index contributed by atoms with van der Waals surface area (Å²) in [6.07, 6.45) is 1.19. The van der Waals surface area contributed by atoms with Crippen LogP contribution in [0.25, 0.3) is 10.9 Å². The number of fused-ring (bicyclic) bond motifs is 1. The van der Waals surface area contributed by atoms with Crippen LogP contribution >= 0.6 is 11.6 Å². The van der Waals surface area contributed by atoms with Crippen molar-refractivity contribution in [2.75, 3.05) is 0 Å². The van der Waals surface area contributed by atoms with Gasteiger partial charge >= 0.3 is 0 Å². The predicted octanol–water partition coefficient (Wildman–Crippen LogP) is 3.23. The van der Waals surface area contributed by atoms with Gasteiger partial charge in [0.2, 0.25) is 0 Å². The van der Waals surface area contributed by atoms with E-state index in [9.17, 15) is 18.8 Å². The zero-order valence-corrected chi connectivity index (χ0v) is 18.4. The van der Waals surface area contributed by atoms with Gasteiger partial charge in [-0.3, -0.25) is 29.8 Å². The first-order valence-electron chi connectivity index (χ1n) is 10.1. The van der Waals surface area contributed by atoms with Crippen molar-refractivity contribution in [3.8, 4) is 5.75 Å². The molecule has 1 aromatic heterocycles. The number of hydrogen-bond acceptors (Lipinski definition) is 5. The van der Waals surface area contributed by atoms with Crippen molar-refractivity contribution in [3.05, 3.63) is 105 Å². The van der Waals surface area contributed by atoms with Crippen LogP contribution in [-0.4, -0.2) is 21.4 Å². The number of aromatic nitrogens is 2. The van der Waals surface area contributed by atoms with Gasteiger partial charge in [-0.15, -0.1) is 0 Å². The maximum atomic E-state index is 13.4. The predicted molar refractivity (Wildman–Crippen MR) is 124 cm³/mol. The van der Waals surface area contributed by atoms with Gasteiger partial charge < -0.3 is 4.74 Å². The third-order valence-electron chi connectivity index (χ3n) is 4.85. The first kappa shape index (κ1) is 22.9. The Hall–Kier alpha value is -4.24. The molecule has 0 unspecified atom stereocenters. The Morgan fingerprint density at radius 2 is 1.74 bits per heavy atom. The van der Waals surface area contributed by atoms with E-state index in [1.807, 2.05) is 0 Å². The van der Waals surface area contributed by atoms with Gasteiger partial charge in [0, 0.05) is 10.6 Å². The quantitative estimate of drug-likeness (QED) is 0.412. The Morgan fingerprint density at radius 1 is 1.00 bits per heavy atom. The molecule has 8 nitrogen and oxygen atoms in total. The molecule has 2 N–H and O–H groups in total. The van der Waals surface area contributed by atoms with Crippen molar-refractivity contribution in [2.45, 2.75) is 13.2 Å². The van der Waals surface area contributed by atoms with E-state index in [2.05, 4.69) is 15.8 Å². The Bertz CT molecular complexity index is 1410. The average molecular weight is 481 g/mol. The zero-order chi connectivity index (χ0) is 24.1. The van der Waals surface area contributed by atoms with Crippen LogP contribution in [0.1, 0.15) is 15.9 Å². The summed E-state index contributed by atoms with van der Waals surface area (Å²) in [4.78, 5) is 41.0. The number of benzene rings is 3. The van der Waals surface area contributed by atoms with Crippen LogP contribution in [-0.2, 0) is 17.9 Å². The lowest BCUT2D eigenvalue weighted by molar-refractivity contribution is -0.122. The summed E-state index contributed by atoms with van der Waals surface area (Å²) in [5.74, 6) is -1.10. The Kier molecular flexibility index (Phi) is 6.84. The molecule has 0 fully saturated rings. The average Bonchev–Trinajstić information content (AvgIpc) is 2.84. The minimum Gasteiger partial charge on any atom is -0.489 e. The number of ether oxygens (including phenoxy) is 1. The van der Waals surface area contributed by atoms with Crippen molar-refractivity contribution in [3.63, 3.8) is 0 Å². The molecule has 0 radical (unpaired) electrons. The molecule has 172 valence electrons. The molecule has 0 atom stereocenters. The number of hydrogen-bond donors (Lipinski definition) is 2. The lowest BCUT2D eigenvalue weighted by Gasteiger charge is -2.10. The third-order valence-corrected chi connectivity index (χ3v) is 5.10. The fourth-order valence-corrected chi connectivity index (χ4v) is 3.21. The second kappa shape index (κ2) is 10.1. The van der Waals surface area contributed by atoms with Crippen molar-refractivity contribution in [2.24, 2.45) is 0 Å². The van der Waals surface area contributed by atoms with E-state index in [4.69, 9.17) is 16.3 Å². The van der Waals surface area contributed by atoms with Gasteiger partial charge in [-0.05, 0) is 60.2 Å². The first-order valence-corrected chi connectivity index (χ1v) is 10.5. The lowest BCUT2D eigenvalue weighted by Crippen LogP contribution is -2.44. The van der Waals surface area contributed by atoms with E-state index in [0.29, 0.717) is 28.5 Å². The van der Waals surface area contributed by atoms with Crippen LogP contribution in [0.2, 0.25) is 5.02 Å². The topological polar surface area (TPSA) is 102 Å². The third kappa shape index (κ3) is 5.57. The standard InChI is InChI=1S/C24H18ClFN4O4/c25-17-5-8-19(9-6-17)34-13-15-1-3-16(4-2-15)23(32)29-28-22(31)12-30-14-27-21-10-7-18(26)11-20(21)24(30)33/h1-11,14H,12-13H2,(H,28,31)(H,29,32). The molecule has 0 spiro atoms. The highest BCUT2D eigenvalue weighted by Gasteiger charge is 2.11. The number of rotatable bonds is 6. The van der Waals surface area contributed by atoms with Gasteiger partial charge in [-0.2, -0.15) is 0 Å². The maximum absolute atomic E-state index is 13.4. The Morgan fingerprint density at radius 3 is 2.47 bits per heavy atom. The molecule has 0 saturated carbocycles. The van der Waals surface area contributed by atoms with Crippen LogP contribution in [0.15, 0.2) is 77.9 Å². The molecule has 4 aromatic rings. The zero-order valence-electron chi connectivity index (χ0n) is 17.6. The van der Waals surface area contributed by atoms with Crippen molar-refractivity contribution >= 4 is 34.3 Å². The largest absolute Gasteiger partial charge is 0.489 e. The van der Waals surface area contributed by atoms with Crippen molar-refractivity contribution in [1.29, 1.82) is 0 Å². The van der Waals surface area contributed by atoms with E-state index < -0.39 is 29.7 Å². The fourth-order valence-electron chi connectivity index (χ4n) is 3.09. The summed E-state index contributed by atoms with van der Waals surface area (Å²) in [7, 11) is 0. The molecule has 0 saturated heterocycles. The van der Waals surface area contributed by atoms with Crippen LogP contribution < -0.4 is 21.1 Å². The van der Waals surface area contributed by atoms with E-state index in [1.54, 1.807) is 48.5 Å². The molecule has 0 aliphatic carbocycles. The van der Waals surface area contributed by atoms with Crippen LogP contribution in [0.4, 0.5) is 4.39 Å². The highest BCUT2D eigenvalue weighted by Crippen LogP contribution is 2.17. The van der Waals surface area contributed by atoms with Crippen LogP contribution in [0, 0.1) is 5.82 Å². The summed E-state index contributed by atoms with van der Waals surface area (Å²) in [5, 5.41) is 0.672. The van der Waals surface area contributed by atoms with E-state index in [0.717, 1.165) is 16.2 Å². The highest BCUT2D eigenvalue weighted by molar-refractivity contribution is 6.30. The van der Waals surface area contributed by atoms with Gasteiger partial charge in [-0.1, -0.05) is 23.7 Å². The molecular weight excluding hydrogens is 463 g/mol. The summed E-state index contributed by atoms with van der Waals surface area (Å²) in [6.45, 7) is -0.0990. The monoisotopic (exact) mass is 480 g/mol. The van der Waals surface area contributed by atoms with Crippen LogP contribution in [0.5, 0.6) is 5.75 Å². The molecule has 0 aliphatic rings. The second-order valence-corrected chi connectivity index (χ2v) is 7.72. The molecule has 0 bridgehead atoms. The minimum atomic E-state index is -0.652. The molecule has 4 rings (SSSR count). The SMILES string of the molecule is O=C(Cn1cnc2ccc(F)cc2c1=O)NNC(=O)c1ccc(COc2ccc(Cl)cc2)cc1. The molecular formula is C24H18ClFN4O4. The number of nitrogens with zero attached hydrogens (tertiary/aromatic N) is 2. The molecule has 3 aromatic carbocycles. The highest BCUT2D eigenvalue weighted by atomic mass is 35.5. The maximum Gasteiger partial charge on any atom is 0.269 e. The number of carbonyl (C=O) groups excluding carboxylic acids is 2. The van der Waals surface area contributed by atoms with Gasteiger partial charge in [0.1, 0.15) is 24.7 Å². The number of hydrazine groups is 1. The number of carbonyl (C=O) groups is 2.